The minimum absolute atomic E-state index is 0.00405. The van der Waals surface area contributed by atoms with E-state index in [4.69, 9.17) is 10.2 Å². The summed E-state index contributed by atoms with van der Waals surface area (Å²) in [6.07, 6.45) is 0. The number of hydrogen-bond donors (Lipinski definition) is 2. The Morgan fingerprint density at radius 3 is 2.57 bits per heavy atom. The molecule has 0 unspecified atom stereocenters. The van der Waals surface area contributed by atoms with Crippen molar-refractivity contribution in [2.75, 3.05) is 0 Å². The van der Waals surface area contributed by atoms with E-state index in [-0.39, 0.29) is 23.5 Å². The van der Waals surface area contributed by atoms with E-state index in [0.29, 0.717) is 17.1 Å². The molecule has 0 aliphatic carbocycles. The first kappa shape index (κ1) is 15.7. The monoisotopic (exact) mass is 312 g/mol. The van der Waals surface area contributed by atoms with E-state index in [1.807, 2.05) is 0 Å². The summed E-state index contributed by atoms with van der Waals surface area (Å²) >= 11 is 0. The van der Waals surface area contributed by atoms with Gasteiger partial charge in [0.1, 0.15) is 17.3 Å². The van der Waals surface area contributed by atoms with Crippen molar-refractivity contribution in [3.05, 3.63) is 52.7 Å². The summed E-state index contributed by atoms with van der Waals surface area (Å²) in [4.78, 5) is -0.105. The van der Waals surface area contributed by atoms with Crippen molar-refractivity contribution in [1.29, 1.82) is 0 Å². The van der Waals surface area contributed by atoms with Crippen LogP contribution in [-0.2, 0) is 23.1 Å². The van der Waals surface area contributed by atoms with E-state index < -0.39 is 15.8 Å². The van der Waals surface area contributed by atoms with E-state index >= 15 is 0 Å². The molecular formula is C14H17FN2O3S. The maximum Gasteiger partial charge on any atom is 0.241 e. The van der Waals surface area contributed by atoms with Gasteiger partial charge >= 0.3 is 0 Å². The minimum atomic E-state index is -3.84. The highest BCUT2D eigenvalue weighted by Crippen LogP contribution is 2.21. The average Bonchev–Trinajstić information content (AvgIpc) is 2.85. The molecule has 1 aromatic heterocycles. The summed E-state index contributed by atoms with van der Waals surface area (Å²) < 4.78 is 46.0. The van der Waals surface area contributed by atoms with Crippen molar-refractivity contribution < 1.29 is 17.2 Å². The molecule has 1 aromatic carbocycles. The number of rotatable bonds is 5. The molecule has 5 nitrogen and oxygen atoms in total. The van der Waals surface area contributed by atoms with Gasteiger partial charge in [-0.25, -0.2) is 17.5 Å². The Bertz CT molecular complexity index is 754. The molecule has 0 spiro atoms. The highest BCUT2D eigenvalue weighted by atomic mass is 32.2. The molecule has 0 saturated heterocycles. The van der Waals surface area contributed by atoms with Crippen molar-refractivity contribution >= 4 is 10.0 Å². The van der Waals surface area contributed by atoms with Crippen LogP contribution in [0, 0.1) is 19.7 Å². The van der Waals surface area contributed by atoms with Crippen molar-refractivity contribution in [2.45, 2.75) is 31.8 Å². The zero-order valence-corrected chi connectivity index (χ0v) is 12.6. The normalized spacial score (nSPS) is 11.8. The zero-order valence-electron chi connectivity index (χ0n) is 11.8. The van der Waals surface area contributed by atoms with Crippen LogP contribution in [0.1, 0.15) is 22.6 Å². The first-order valence-corrected chi connectivity index (χ1v) is 7.86. The maximum absolute atomic E-state index is 13.8. The smallest absolute Gasteiger partial charge is 0.241 e. The van der Waals surface area contributed by atoms with Crippen molar-refractivity contribution in [1.82, 2.24) is 4.72 Å². The second-order valence-corrected chi connectivity index (χ2v) is 6.48. The van der Waals surface area contributed by atoms with Gasteiger partial charge in [0.05, 0.1) is 11.4 Å². The summed E-state index contributed by atoms with van der Waals surface area (Å²) in [5.74, 6) is 0.591. The zero-order chi connectivity index (χ0) is 15.6. The third-order valence-corrected chi connectivity index (χ3v) is 4.64. The SMILES string of the molecule is Cc1ccc(CNS(=O)(=O)c2cc(CN)cc(F)c2C)o1. The first-order chi connectivity index (χ1) is 9.83. The fourth-order valence-corrected chi connectivity index (χ4v) is 3.22. The summed E-state index contributed by atoms with van der Waals surface area (Å²) in [5, 5.41) is 0. The van der Waals surface area contributed by atoms with Crippen LogP contribution in [0.15, 0.2) is 33.6 Å². The second kappa shape index (κ2) is 5.97. The molecule has 7 heteroatoms. The van der Waals surface area contributed by atoms with Crippen LogP contribution in [-0.4, -0.2) is 8.42 Å². The lowest BCUT2D eigenvalue weighted by Crippen LogP contribution is -2.24. The molecule has 21 heavy (non-hydrogen) atoms. The lowest BCUT2D eigenvalue weighted by Gasteiger charge is -2.11. The Hall–Kier alpha value is -1.70. The Labute approximate surface area is 123 Å². The predicted octanol–water partition coefficient (Wildman–Crippen LogP) is 1.97. The second-order valence-electron chi connectivity index (χ2n) is 4.74. The molecule has 2 aromatic rings. The summed E-state index contributed by atoms with van der Waals surface area (Å²) in [7, 11) is -3.84. The number of furan rings is 1. The van der Waals surface area contributed by atoms with Crippen LogP contribution < -0.4 is 10.5 Å². The lowest BCUT2D eigenvalue weighted by molar-refractivity contribution is 0.475. The Morgan fingerprint density at radius 2 is 2.00 bits per heavy atom. The fourth-order valence-electron chi connectivity index (χ4n) is 1.93. The number of aryl methyl sites for hydroxylation is 1. The average molecular weight is 312 g/mol. The van der Waals surface area contributed by atoms with Gasteiger partial charge in [-0.2, -0.15) is 0 Å². The molecule has 114 valence electrons. The molecular weight excluding hydrogens is 295 g/mol. The van der Waals surface area contributed by atoms with Crippen LogP contribution in [0.4, 0.5) is 4.39 Å². The van der Waals surface area contributed by atoms with Gasteiger partial charge < -0.3 is 10.2 Å². The van der Waals surface area contributed by atoms with Gasteiger partial charge in [0.25, 0.3) is 0 Å². The van der Waals surface area contributed by atoms with Crippen molar-refractivity contribution in [3.8, 4) is 0 Å². The lowest BCUT2D eigenvalue weighted by atomic mass is 10.1. The Kier molecular flexibility index (Phi) is 4.46. The number of hydrogen-bond acceptors (Lipinski definition) is 4. The Morgan fingerprint density at radius 1 is 1.29 bits per heavy atom. The van der Waals surface area contributed by atoms with E-state index in [9.17, 15) is 12.8 Å². The molecule has 0 radical (unpaired) electrons. The van der Waals surface area contributed by atoms with E-state index in [1.165, 1.54) is 19.1 Å². The number of nitrogens with one attached hydrogen (secondary N) is 1. The predicted molar refractivity (Wildman–Crippen MR) is 76.5 cm³/mol. The van der Waals surface area contributed by atoms with Crippen LogP contribution in [0.3, 0.4) is 0 Å². The third-order valence-electron chi connectivity index (χ3n) is 3.11. The molecule has 1 heterocycles. The minimum Gasteiger partial charge on any atom is -0.465 e. The van der Waals surface area contributed by atoms with Gasteiger partial charge in [-0.1, -0.05) is 0 Å². The molecule has 2 rings (SSSR count). The molecule has 0 atom stereocenters. The summed E-state index contributed by atoms with van der Waals surface area (Å²) in [6.45, 7) is 3.25. The van der Waals surface area contributed by atoms with Gasteiger partial charge in [0, 0.05) is 12.1 Å². The maximum atomic E-state index is 13.8. The van der Waals surface area contributed by atoms with Crippen LogP contribution >= 0.6 is 0 Å². The highest BCUT2D eigenvalue weighted by Gasteiger charge is 2.20. The fraction of sp³-hybridized carbons (Fsp3) is 0.286. The number of benzene rings is 1. The van der Waals surface area contributed by atoms with Crippen LogP contribution in [0.25, 0.3) is 0 Å². The van der Waals surface area contributed by atoms with E-state index in [2.05, 4.69) is 4.72 Å². The quantitative estimate of drug-likeness (QED) is 0.884. The molecule has 0 aliphatic rings. The number of sulfonamides is 1. The van der Waals surface area contributed by atoms with Gasteiger partial charge in [-0.05, 0) is 43.7 Å². The number of halogens is 1. The highest BCUT2D eigenvalue weighted by molar-refractivity contribution is 7.89. The summed E-state index contributed by atoms with van der Waals surface area (Å²) in [5.41, 5.74) is 5.94. The molecule has 0 bridgehead atoms. The van der Waals surface area contributed by atoms with E-state index in [0.717, 1.165) is 0 Å². The Balaban J connectivity index is 2.29. The van der Waals surface area contributed by atoms with Crippen molar-refractivity contribution in [2.24, 2.45) is 5.73 Å². The van der Waals surface area contributed by atoms with Crippen LogP contribution in [0.5, 0.6) is 0 Å². The summed E-state index contributed by atoms with van der Waals surface area (Å²) in [6, 6.07) is 6.05. The third kappa shape index (κ3) is 3.49. The van der Waals surface area contributed by atoms with Gasteiger partial charge in [-0.15, -0.1) is 0 Å². The first-order valence-electron chi connectivity index (χ1n) is 6.37. The van der Waals surface area contributed by atoms with E-state index in [1.54, 1.807) is 19.1 Å². The van der Waals surface area contributed by atoms with Gasteiger partial charge in [0.15, 0.2) is 0 Å². The molecule has 0 amide bonds. The molecule has 3 N–H and O–H groups in total. The largest absolute Gasteiger partial charge is 0.465 e. The van der Waals surface area contributed by atoms with Crippen LogP contribution in [0.2, 0.25) is 0 Å². The standard InChI is InChI=1S/C14H17FN2O3S/c1-9-3-4-12(20-9)8-17-21(18,19)14-6-11(7-16)5-13(15)10(14)2/h3-6,17H,7-8,16H2,1-2H3. The van der Waals surface area contributed by atoms with Gasteiger partial charge in [0.2, 0.25) is 10.0 Å². The number of nitrogens with two attached hydrogens (primary N) is 1. The molecule has 0 aliphatic heterocycles. The topological polar surface area (TPSA) is 85.3 Å². The molecule has 0 fully saturated rings. The van der Waals surface area contributed by atoms with Gasteiger partial charge in [-0.3, -0.25) is 0 Å². The van der Waals surface area contributed by atoms with Crippen molar-refractivity contribution in [3.63, 3.8) is 0 Å². The molecule has 0 saturated carbocycles.